The van der Waals surface area contributed by atoms with Crippen molar-refractivity contribution in [1.82, 2.24) is 19.7 Å². The highest BCUT2D eigenvalue weighted by atomic mass is 16.6. The van der Waals surface area contributed by atoms with E-state index in [4.69, 9.17) is 0 Å². The molecule has 7 nitrogen and oxygen atoms in total. The van der Waals surface area contributed by atoms with Crippen molar-refractivity contribution in [2.45, 2.75) is 13.8 Å². The molecule has 0 aliphatic rings. The molecule has 0 atom stereocenters. The van der Waals surface area contributed by atoms with Crippen LogP contribution in [-0.2, 0) is 0 Å². The molecule has 82 valence electrons. The van der Waals surface area contributed by atoms with E-state index in [1.165, 1.54) is 12.4 Å². The molecule has 0 N–H and O–H groups in total. The summed E-state index contributed by atoms with van der Waals surface area (Å²) >= 11 is 0. The summed E-state index contributed by atoms with van der Waals surface area (Å²) in [7, 11) is 0. The third-order valence-corrected chi connectivity index (χ3v) is 2.03. The van der Waals surface area contributed by atoms with Crippen molar-refractivity contribution in [3.8, 4) is 5.95 Å². The van der Waals surface area contributed by atoms with Gasteiger partial charge in [-0.05, 0) is 19.9 Å². The average molecular weight is 219 g/mol. The van der Waals surface area contributed by atoms with Gasteiger partial charge in [0.2, 0.25) is 0 Å². The average Bonchev–Trinajstić information content (AvgIpc) is 2.58. The van der Waals surface area contributed by atoms with Crippen molar-refractivity contribution in [2.75, 3.05) is 0 Å². The van der Waals surface area contributed by atoms with Crippen molar-refractivity contribution in [1.29, 1.82) is 0 Å². The minimum Gasteiger partial charge on any atom is -0.258 e. The molecular weight excluding hydrogens is 210 g/mol. The molecule has 0 aliphatic carbocycles. The van der Waals surface area contributed by atoms with Gasteiger partial charge < -0.3 is 0 Å². The number of aryl methyl sites for hydroxylation is 2. The first kappa shape index (κ1) is 10.2. The van der Waals surface area contributed by atoms with Gasteiger partial charge in [-0.3, -0.25) is 10.1 Å². The van der Waals surface area contributed by atoms with Crippen LogP contribution in [0.5, 0.6) is 0 Å². The van der Waals surface area contributed by atoms with Crippen molar-refractivity contribution in [3.63, 3.8) is 0 Å². The van der Waals surface area contributed by atoms with Crippen LogP contribution in [-0.4, -0.2) is 24.7 Å². The number of rotatable bonds is 2. The first-order valence-corrected chi connectivity index (χ1v) is 4.58. The van der Waals surface area contributed by atoms with Crippen LogP contribution in [0.2, 0.25) is 0 Å². The van der Waals surface area contributed by atoms with Crippen LogP contribution in [0.4, 0.5) is 5.69 Å². The molecule has 0 saturated carbocycles. The molecule has 0 aromatic carbocycles. The Kier molecular flexibility index (Phi) is 2.35. The lowest BCUT2D eigenvalue weighted by Gasteiger charge is -2.00. The molecule has 0 amide bonds. The molecule has 2 aromatic heterocycles. The Hall–Kier alpha value is -2.31. The summed E-state index contributed by atoms with van der Waals surface area (Å²) in [6.07, 6.45) is 2.33. The molecule has 0 fully saturated rings. The van der Waals surface area contributed by atoms with Crippen LogP contribution >= 0.6 is 0 Å². The zero-order valence-electron chi connectivity index (χ0n) is 8.78. The lowest BCUT2D eigenvalue weighted by atomic mass is 10.4. The van der Waals surface area contributed by atoms with E-state index in [2.05, 4.69) is 15.1 Å². The maximum absolute atomic E-state index is 10.4. The predicted octanol–water partition coefficient (Wildman–Crippen LogP) is 1.19. The van der Waals surface area contributed by atoms with Gasteiger partial charge in [0.05, 0.1) is 10.6 Å². The van der Waals surface area contributed by atoms with E-state index in [0.717, 1.165) is 11.4 Å². The van der Waals surface area contributed by atoms with Gasteiger partial charge in [0.25, 0.3) is 5.95 Å². The topological polar surface area (TPSA) is 86.7 Å². The van der Waals surface area contributed by atoms with Gasteiger partial charge in [-0.15, -0.1) is 0 Å². The number of nitrogens with zero attached hydrogens (tertiary/aromatic N) is 5. The number of hydrogen-bond acceptors (Lipinski definition) is 5. The zero-order valence-corrected chi connectivity index (χ0v) is 8.78. The van der Waals surface area contributed by atoms with E-state index < -0.39 is 4.92 Å². The van der Waals surface area contributed by atoms with Crippen molar-refractivity contribution >= 4 is 5.69 Å². The first-order valence-electron chi connectivity index (χ1n) is 4.58. The van der Waals surface area contributed by atoms with Gasteiger partial charge in [0, 0.05) is 5.69 Å². The maximum Gasteiger partial charge on any atom is 0.305 e. The van der Waals surface area contributed by atoms with E-state index in [1.54, 1.807) is 4.68 Å². The Morgan fingerprint density at radius 1 is 1.31 bits per heavy atom. The SMILES string of the molecule is Cc1cc(C)n(-c2ncc([N+](=O)[O-])cn2)n1. The van der Waals surface area contributed by atoms with E-state index >= 15 is 0 Å². The van der Waals surface area contributed by atoms with Gasteiger partial charge in [-0.2, -0.15) is 5.10 Å². The van der Waals surface area contributed by atoms with Crippen LogP contribution in [0, 0.1) is 24.0 Å². The van der Waals surface area contributed by atoms with E-state index in [0.29, 0.717) is 5.95 Å². The summed E-state index contributed by atoms with van der Waals surface area (Å²) in [6.45, 7) is 3.72. The lowest BCUT2D eigenvalue weighted by molar-refractivity contribution is -0.385. The van der Waals surface area contributed by atoms with Crippen LogP contribution in [0.15, 0.2) is 18.5 Å². The fourth-order valence-corrected chi connectivity index (χ4v) is 1.35. The molecule has 2 rings (SSSR count). The molecule has 7 heteroatoms. The van der Waals surface area contributed by atoms with Crippen molar-refractivity contribution in [2.24, 2.45) is 0 Å². The summed E-state index contributed by atoms with van der Waals surface area (Å²) in [4.78, 5) is 17.7. The smallest absolute Gasteiger partial charge is 0.258 e. The summed E-state index contributed by atoms with van der Waals surface area (Å²) in [5.74, 6) is 0.330. The van der Waals surface area contributed by atoms with E-state index in [-0.39, 0.29) is 5.69 Å². The highest BCUT2D eigenvalue weighted by Gasteiger charge is 2.10. The molecule has 2 aromatic rings. The highest BCUT2D eigenvalue weighted by molar-refractivity contribution is 5.26. The second-order valence-electron chi connectivity index (χ2n) is 3.34. The third-order valence-electron chi connectivity index (χ3n) is 2.03. The standard InChI is InChI=1S/C9H9N5O2/c1-6-3-7(2)13(12-6)9-10-4-8(5-11-9)14(15)16/h3-5H,1-2H3. The minimum atomic E-state index is -0.537. The second kappa shape index (κ2) is 3.69. The van der Waals surface area contributed by atoms with Gasteiger partial charge >= 0.3 is 5.69 Å². The Labute approximate surface area is 90.9 Å². The van der Waals surface area contributed by atoms with E-state index in [1.807, 2.05) is 19.9 Å². The Morgan fingerprint density at radius 3 is 2.38 bits per heavy atom. The maximum atomic E-state index is 10.4. The monoisotopic (exact) mass is 219 g/mol. The largest absolute Gasteiger partial charge is 0.305 e. The summed E-state index contributed by atoms with van der Waals surface area (Å²) in [5, 5.41) is 14.6. The molecular formula is C9H9N5O2. The Balaban J connectivity index is 2.42. The highest BCUT2D eigenvalue weighted by Crippen LogP contribution is 2.10. The third kappa shape index (κ3) is 1.74. The lowest BCUT2D eigenvalue weighted by Crippen LogP contribution is -2.05. The minimum absolute atomic E-state index is 0.134. The molecule has 0 bridgehead atoms. The van der Waals surface area contributed by atoms with Crippen LogP contribution in [0.3, 0.4) is 0 Å². The Bertz CT molecular complexity index is 531. The molecule has 0 saturated heterocycles. The fraction of sp³-hybridized carbons (Fsp3) is 0.222. The predicted molar refractivity (Wildman–Crippen MR) is 55.3 cm³/mol. The van der Waals surface area contributed by atoms with Crippen LogP contribution in [0.1, 0.15) is 11.4 Å². The molecule has 2 heterocycles. The van der Waals surface area contributed by atoms with Gasteiger partial charge in [0.1, 0.15) is 12.4 Å². The van der Waals surface area contributed by atoms with E-state index in [9.17, 15) is 10.1 Å². The molecule has 0 radical (unpaired) electrons. The second-order valence-corrected chi connectivity index (χ2v) is 3.34. The van der Waals surface area contributed by atoms with Gasteiger partial charge in [-0.1, -0.05) is 0 Å². The number of nitro groups is 1. The number of aromatic nitrogens is 4. The summed E-state index contributed by atoms with van der Waals surface area (Å²) in [5.41, 5.74) is 1.59. The van der Waals surface area contributed by atoms with Crippen molar-refractivity contribution in [3.05, 3.63) is 40.0 Å². The summed E-state index contributed by atoms with van der Waals surface area (Å²) < 4.78 is 1.54. The summed E-state index contributed by atoms with van der Waals surface area (Å²) in [6, 6.07) is 1.88. The quantitative estimate of drug-likeness (QED) is 0.559. The molecule has 0 spiro atoms. The van der Waals surface area contributed by atoms with Gasteiger partial charge in [0.15, 0.2) is 0 Å². The molecule has 0 aliphatic heterocycles. The molecule has 0 unspecified atom stereocenters. The Morgan fingerprint density at radius 2 is 1.94 bits per heavy atom. The molecule has 16 heavy (non-hydrogen) atoms. The van der Waals surface area contributed by atoms with Crippen LogP contribution in [0.25, 0.3) is 5.95 Å². The van der Waals surface area contributed by atoms with Crippen LogP contribution < -0.4 is 0 Å². The number of hydrogen-bond donors (Lipinski definition) is 0. The fourth-order valence-electron chi connectivity index (χ4n) is 1.35. The zero-order chi connectivity index (χ0) is 11.7. The van der Waals surface area contributed by atoms with Gasteiger partial charge in [-0.25, -0.2) is 14.6 Å². The van der Waals surface area contributed by atoms with Crippen molar-refractivity contribution < 1.29 is 4.92 Å². The normalized spacial score (nSPS) is 10.4. The first-order chi connectivity index (χ1) is 7.58.